The van der Waals surface area contributed by atoms with E-state index < -0.39 is 40.8 Å². The van der Waals surface area contributed by atoms with E-state index in [1.54, 1.807) is 32.9 Å². The van der Waals surface area contributed by atoms with Crippen molar-refractivity contribution in [2.24, 2.45) is 0 Å². The van der Waals surface area contributed by atoms with Crippen LogP contribution in [0.2, 0.25) is 0 Å². The molecule has 1 amide bonds. The number of aromatic nitrogens is 1. The molecule has 0 radical (unpaired) electrons. The van der Waals surface area contributed by atoms with E-state index in [9.17, 15) is 32.3 Å². The minimum Gasteiger partial charge on any atom is -0.481 e. The minimum atomic E-state index is -4.75. The lowest BCUT2D eigenvalue weighted by molar-refractivity contribution is -0.137. The molecule has 0 bridgehead atoms. The lowest BCUT2D eigenvalue weighted by atomic mass is 10.1. The first-order chi connectivity index (χ1) is 19.1. The highest BCUT2D eigenvalue weighted by molar-refractivity contribution is 5.95. The molecule has 1 aromatic heterocycles. The van der Waals surface area contributed by atoms with Crippen LogP contribution >= 0.6 is 0 Å². The van der Waals surface area contributed by atoms with E-state index in [0.717, 1.165) is 24.3 Å². The second-order valence-corrected chi connectivity index (χ2v) is 10.0. The maximum Gasteiger partial charge on any atom is 0.416 e. The molecule has 0 unspecified atom stereocenters. The topological polar surface area (TPSA) is 127 Å². The van der Waals surface area contributed by atoms with Crippen molar-refractivity contribution >= 4 is 29.1 Å². The SMILES string of the molecule is COc1ccc(N)c(CCN(Cc2cc(F)ccc2Nc2ccc(C(F)(F)F)cc2C(=O)O)C(=O)OC(C)(C)C)n1. The molecule has 9 nitrogen and oxygen atoms in total. The van der Waals surface area contributed by atoms with Gasteiger partial charge < -0.3 is 30.5 Å². The van der Waals surface area contributed by atoms with Gasteiger partial charge in [0.1, 0.15) is 11.4 Å². The first-order valence-electron chi connectivity index (χ1n) is 12.3. The number of amides is 1. The third kappa shape index (κ3) is 8.47. The molecule has 220 valence electrons. The molecule has 0 atom stereocenters. The Morgan fingerprint density at radius 3 is 2.34 bits per heavy atom. The van der Waals surface area contributed by atoms with Gasteiger partial charge in [0.05, 0.1) is 41.9 Å². The molecular weight excluding hydrogens is 548 g/mol. The monoisotopic (exact) mass is 578 g/mol. The summed E-state index contributed by atoms with van der Waals surface area (Å²) in [7, 11) is 1.44. The maximum absolute atomic E-state index is 14.4. The van der Waals surface area contributed by atoms with Crippen molar-refractivity contribution in [1.29, 1.82) is 0 Å². The van der Waals surface area contributed by atoms with E-state index in [1.165, 1.54) is 18.1 Å². The normalized spacial score (nSPS) is 11.6. The van der Waals surface area contributed by atoms with Gasteiger partial charge in [-0.25, -0.2) is 19.0 Å². The number of carboxylic acids is 1. The molecule has 0 spiro atoms. The Labute approximate surface area is 233 Å². The number of carbonyl (C=O) groups is 2. The summed E-state index contributed by atoms with van der Waals surface area (Å²) in [4.78, 5) is 30.5. The fourth-order valence-electron chi connectivity index (χ4n) is 3.78. The summed E-state index contributed by atoms with van der Waals surface area (Å²) in [6.07, 6.45) is -5.30. The fraction of sp³-hybridized carbons (Fsp3) is 0.321. The number of hydrogen-bond donors (Lipinski definition) is 3. The number of carboxylic acid groups (broad SMARTS) is 1. The van der Waals surface area contributed by atoms with Gasteiger partial charge in [0.15, 0.2) is 0 Å². The smallest absolute Gasteiger partial charge is 0.416 e. The number of carbonyl (C=O) groups excluding carboxylic acids is 1. The molecule has 3 rings (SSSR count). The average molecular weight is 579 g/mol. The summed E-state index contributed by atoms with van der Waals surface area (Å²) in [5.74, 6) is -1.93. The van der Waals surface area contributed by atoms with Crippen LogP contribution < -0.4 is 15.8 Å². The van der Waals surface area contributed by atoms with Gasteiger partial charge in [-0.1, -0.05) is 0 Å². The standard InChI is InChI=1S/C28H30F4N4O5/c1-27(2,3)41-26(39)36(12-11-23-20(33)7-10-24(35-23)40-4)15-16-13-18(29)6-9-21(16)34-22-8-5-17(28(30,31)32)14-19(22)25(37)38/h5-10,13-14,34H,11-12,15,33H2,1-4H3,(H,37,38). The van der Waals surface area contributed by atoms with Crippen LogP contribution in [0.4, 0.5) is 39.4 Å². The van der Waals surface area contributed by atoms with Crippen molar-refractivity contribution < 1.29 is 41.7 Å². The van der Waals surface area contributed by atoms with Crippen molar-refractivity contribution in [2.75, 3.05) is 24.7 Å². The van der Waals surface area contributed by atoms with Gasteiger partial charge in [-0.2, -0.15) is 13.2 Å². The quantitative estimate of drug-likeness (QED) is 0.254. The van der Waals surface area contributed by atoms with Crippen LogP contribution in [0, 0.1) is 5.82 Å². The highest BCUT2D eigenvalue weighted by atomic mass is 19.4. The molecule has 0 aliphatic carbocycles. The van der Waals surface area contributed by atoms with Gasteiger partial charge >= 0.3 is 18.2 Å². The molecule has 0 aliphatic heterocycles. The third-order valence-electron chi connectivity index (χ3n) is 5.74. The number of nitrogens with zero attached hydrogens (tertiary/aromatic N) is 2. The van der Waals surface area contributed by atoms with Gasteiger partial charge in [-0.15, -0.1) is 0 Å². The Morgan fingerprint density at radius 1 is 1.05 bits per heavy atom. The summed E-state index contributed by atoms with van der Waals surface area (Å²) < 4.78 is 64.6. The number of hydrogen-bond acceptors (Lipinski definition) is 7. The zero-order chi connectivity index (χ0) is 30.5. The third-order valence-corrected chi connectivity index (χ3v) is 5.74. The van der Waals surface area contributed by atoms with Gasteiger partial charge in [-0.05, 0) is 68.8 Å². The Bertz CT molecular complexity index is 1420. The average Bonchev–Trinajstić information content (AvgIpc) is 2.87. The van der Waals surface area contributed by atoms with Gasteiger partial charge in [-0.3, -0.25) is 0 Å². The molecule has 1 heterocycles. The largest absolute Gasteiger partial charge is 0.481 e. The Balaban J connectivity index is 1.97. The van der Waals surface area contributed by atoms with E-state index >= 15 is 0 Å². The molecule has 0 saturated heterocycles. The Morgan fingerprint density at radius 2 is 1.73 bits per heavy atom. The van der Waals surface area contributed by atoms with E-state index in [1.807, 2.05) is 0 Å². The summed E-state index contributed by atoms with van der Waals surface area (Å²) in [5, 5.41) is 12.3. The number of ether oxygens (including phenoxy) is 2. The Hall–Kier alpha value is -4.55. The van der Waals surface area contributed by atoms with E-state index in [-0.39, 0.29) is 36.4 Å². The van der Waals surface area contributed by atoms with Crippen molar-refractivity contribution in [3.63, 3.8) is 0 Å². The van der Waals surface area contributed by atoms with Crippen LogP contribution in [0.5, 0.6) is 5.88 Å². The predicted molar refractivity (Wildman–Crippen MR) is 144 cm³/mol. The van der Waals surface area contributed by atoms with Crippen molar-refractivity contribution in [2.45, 2.75) is 45.5 Å². The van der Waals surface area contributed by atoms with Crippen molar-refractivity contribution in [3.8, 4) is 5.88 Å². The number of methoxy groups -OCH3 is 1. The number of benzene rings is 2. The maximum atomic E-state index is 14.4. The molecule has 2 aromatic carbocycles. The number of anilines is 3. The summed E-state index contributed by atoms with van der Waals surface area (Å²) >= 11 is 0. The van der Waals surface area contributed by atoms with Crippen LogP contribution in [-0.4, -0.2) is 46.3 Å². The minimum absolute atomic E-state index is 0.0376. The fourth-order valence-corrected chi connectivity index (χ4v) is 3.78. The van der Waals surface area contributed by atoms with E-state index in [2.05, 4.69) is 10.3 Å². The number of nitrogen functional groups attached to an aromatic ring is 1. The second-order valence-electron chi connectivity index (χ2n) is 10.0. The van der Waals surface area contributed by atoms with Gasteiger partial charge in [0.2, 0.25) is 5.88 Å². The number of nitrogens with two attached hydrogens (primary N) is 1. The molecule has 41 heavy (non-hydrogen) atoms. The number of pyridine rings is 1. The molecule has 0 aliphatic rings. The molecule has 0 saturated carbocycles. The van der Waals surface area contributed by atoms with Crippen LogP contribution in [0.1, 0.15) is 48.0 Å². The number of halogens is 4. The zero-order valence-corrected chi connectivity index (χ0v) is 22.8. The van der Waals surface area contributed by atoms with Crippen LogP contribution in [0.15, 0.2) is 48.5 Å². The van der Waals surface area contributed by atoms with E-state index in [0.29, 0.717) is 23.3 Å². The van der Waals surface area contributed by atoms with Crippen LogP contribution in [0.25, 0.3) is 0 Å². The lowest BCUT2D eigenvalue weighted by Gasteiger charge is -2.28. The summed E-state index contributed by atoms with van der Waals surface area (Å²) in [5.41, 5.74) is 4.43. The predicted octanol–water partition coefficient (Wildman–Crippen LogP) is 6.25. The molecule has 4 N–H and O–H groups in total. The summed E-state index contributed by atoms with van der Waals surface area (Å²) in [6, 6.07) is 8.92. The van der Waals surface area contributed by atoms with E-state index in [4.69, 9.17) is 15.2 Å². The number of nitrogens with one attached hydrogen (secondary N) is 1. The number of aromatic carboxylic acids is 1. The lowest BCUT2D eigenvalue weighted by Crippen LogP contribution is -2.38. The van der Waals surface area contributed by atoms with Crippen molar-refractivity contribution in [3.05, 3.63) is 76.7 Å². The van der Waals surface area contributed by atoms with Crippen LogP contribution in [0.3, 0.4) is 0 Å². The molecular formula is C28H30F4N4O5. The molecule has 0 fully saturated rings. The molecule has 3 aromatic rings. The zero-order valence-electron chi connectivity index (χ0n) is 22.8. The van der Waals surface area contributed by atoms with Gasteiger partial charge in [0.25, 0.3) is 0 Å². The van der Waals surface area contributed by atoms with Crippen LogP contribution in [-0.2, 0) is 23.9 Å². The number of rotatable bonds is 9. The first kappa shape index (κ1) is 31.0. The molecule has 13 heteroatoms. The highest BCUT2D eigenvalue weighted by Gasteiger charge is 2.32. The first-order valence-corrected chi connectivity index (χ1v) is 12.3. The second kappa shape index (κ2) is 12.3. The van der Waals surface area contributed by atoms with Gasteiger partial charge in [0, 0.05) is 24.7 Å². The Kier molecular flexibility index (Phi) is 9.31. The highest BCUT2D eigenvalue weighted by Crippen LogP contribution is 2.34. The summed E-state index contributed by atoms with van der Waals surface area (Å²) in [6.45, 7) is 4.87. The van der Waals surface area contributed by atoms with Crippen molar-refractivity contribution in [1.82, 2.24) is 9.88 Å². The number of alkyl halides is 3.